The van der Waals surface area contributed by atoms with Gasteiger partial charge in [0, 0.05) is 11.6 Å². The van der Waals surface area contributed by atoms with Gasteiger partial charge in [-0.1, -0.05) is 39.8 Å². The summed E-state index contributed by atoms with van der Waals surface area (Å²) in [6.07, 6.45) is 10.4. The van der Waals surface area contributed by atoms with Crippen molar-refractivity contribution < 1.29 is 24.9 Å². The van der Waals surface area contributed by atoms with Crippen molar-refractivity contribution in [1.82, 2.24) is 9.78 Å². The summed E-state index contributed by atoms with van der Waals surface area (Å²) in [6, 6.07) is 0. The van der Waals surface area contributed by atoms with E-state index in [0.29, 0.717) is 11.8 Å². The van der Waals surface area contributed by atoms with E-state index in [4.69, 9.17) is 5.10 Å². The average Bonchev–Trinajstić information content (AvgIpc) is 3.46. The topological polar surface area (TPSA) is 113 Å². The first-order valence-electron chi connectivity index (χ1n) is 15.5. The first-order valence-corrected chi connectivity index (χ1v) is 15.5. The first kappa shape index (κ1) is 28.0. The number of aromatic nitrogens is 2. The van der Waals surface area contributed by atoms with Gasteiger partial charge in [0.05, 0.1) is 17.7 Å². The Morgan fingerprint density at radius 1 is 1.00 bits per heavy atom. The third-order valence-electron chi connectivity index (χ3n) is 14.1. The van der Waals surface area contributed by atoms with E-state index >= 15 is 0 Å². The standard InChI is InChI=1S/C33H48N2O5/c1-19(2)21-9-12-33(28(39)40)14-13-31(5)22(26(21)33)7-8-24-29(3)15-20-16-35(17-25(37)38)34-27(20)30(4,18-36)23(29)10-11-32(24,31)6/h16,21-24,26,36H,1,7-15,17-18H2,2-6H3,(H,37,38)(H,39,40)/t21-,22+,23+,24+,26+,29-,30-,31+,32+,33-/m0/s1. The fourth-order valence-corrected chi connectivity index (χ4v) is 12.2. The molecule has 7 nitrogen and oxygen atoms in total. The lowest BCUT2D eigenvalue weighted by molar-refractivity contribution is -0.229. The number of aliphatic hydroxyl groups excluding tert-OH is 1. The highest BCUT2D eigenvalue weighted by atomic mass is 16.4. The fraction of sp³-hybridized carbons (Fsp3) is 0.788. The molecule has 7 heteroatoms. The molecule has 10 atom stereocenters. The highest BCUT2D eigenvalue weighted by Crippen LogP contribution is 2.77. The molecule has 6 rings (SSSR count). The summed E-state index contributed by atoms with van der Waals surface area (Å²) in [4.78, 5) is 24.4. The van der Waals surface area contributed by atoms with E-state index in [1.165, 1.54) is 0 Å². The van der Waals surface area contributed by atoms with Gasteiger partial charge in [0.15, 0.2) is 0 Å². The van der Waals surface area contributed by atoms with Gasteiger partial charge in [0.2, 0.25) is 0 Å². The monoisotopic (exact) mass is 552 g/mol. The number of aliphatic hydroxyl groups is 1. The second kappa shape index (κ2) is 8.68. The maximum Gasteiger partial charge on any atom is 0.325 e. The Bertz CT molecular complexity index is 1270. The molecule has 4 saturated carbocycles. The van der Waals surface area contributed by atoms with E-state index in [2.05, 4.69) is 41.2 Å². The SMILES string of the molecule is C=C(C)[C@@H]1CC[C@]2(C(=O)O)CC[C@]3(C)[C@H](CC[C@@H]4[C@@]5(C)Cc6cn(CC(=O)O)nc6[C@@](C)(CO)[C@@H]5CC[C@]43C)[C@@H]12. The minimum atomic E-state index is -0.914. The largest absolute Gasteiger partial charge is 0.481 e. The maximum atomic E-state index is 12.9. The molecule has 0 amide bonds. The number of nitrogens with zero attached hydrogens (tertiary/aromatic N) is 2. The van der Waals surface area contributed by atoms with Crippen LogP contribution in [0.2, 0.25) is 0 Å². The molecule has 0 aromatic carbocycles. The number of allylic oxidation sites excluding steroid dienone is 1. The summed E-state index contributed by atoms with van der Waals surface area (Å²) in [5.74, 6) is -0.0260. The van der Waals surface area contributed by atoms with Crippen molar-refractivity contribution in [3.05, 3.63) is 29.6 Å². The summed E-state index contributed by atoms with van der Waals surface area (Å²) in [7, 11) is 0. The first-order chi connectivity index (χ1) is 18.7. The molecule has 5 aliphatic rings. The van der Waals surface area contributed by atoms with Crippen LogP contribution in [-0.4, -0.2) is 43.6 Å². The van der Waals surface area contributed by atoms with Crippen molar-refractivity contribution in [3.63, 3.8) is 0 Å². The summed E-state index contributed by atoms with van der Waals surface area (Å²) < 4.78 is 1.55. The highest BCUT2D eigenvalue weighted by molar-refractivity contribution is 5.76. The minimum Gasteiger partial charge on any atom is -0.481 e. The van der Waals surface area contributed by atoms with E-state index in [1.807, 2.05) is 6.20 Å². The molecule has 0 unspecified atom stereocenters. The number of carbonyl (C=O) groups is 2. The van der Waals surface area contributed by atoms with Gasteiger partial charge in [-0.05, 0) is 116 Å². The molecular formula is C33H48N2O5. The van der Waals surface area contributed by atoms with Crippen molar-refractivity contribution in [2.45, 2.75) is 104 Å². The predicted octanol–water partition coefficient (Wildman–Crippen LogP) is 5.70. The van der Waals surface area contributed by atoms with Crippen LogP contribution in [0.3, 0.4) is 0 Å². The van der Waals surface area contributed by atoms with Crippen molar-refractivity contribution in [3.8, 4) is 0 Å². The number of fused-ring (bicyclic) bond motifs is 8. The molecule has 5 aliphatic carbocycles. The van der Waals surface area contributed by atoms with Crippen molar-refractivity contribution >= 4 is 11.9 Å². The predicted molar refractivity (Wildman–Crippen MR) is 152 cm³/mol. The second-order valence-electron chi connectivity index (χ2n) is 15.5. The van der Waals surface area contributed by atoms with Gasteiger partial charge in [0.1, 0.15) is 6.54 Å². The molecule has 0 aliphatic heterocycles. The second-order valence-corrected chi connectivity index (χ2v) is 15.5. The molecule has 40 heavy (non-hydrogen) atoms. The van der Waals surface area contributed by atoms with Crippen molar-refractivity contribution in [2.75, 3.05) is 6.61 Å². The normalized spacial score (nSPS) is 47.3. The molecule has 0 radical (unpaired) electrons. The lowest BCUT2D eigenvalue weighted by Gasteiger charge is -2.72. The van der Waals surface area contributed by atoms with Gasteiger partial charge < -0.3 is 15.3 Å². The summed E-state index contributed by atoms with van der Waals surface area (Å²) >= 11 is 0. The Balaban J connectivity index is 1.42. The van der Waals surface area contributed by atoms with E-state index in [9.17, 15) is 24.9 Å². The number of rotatable bonds is 5. The highest BCUT2D eigenvalue weighted by Gasteiger charge is 2.72. The van der Waals surface area contributed by atoms with E-state index in [-0.39, 0.29) is 47.2 Å². The molecular weight excluding hydrogens is 504 g/mol. The molecule has 1 aromatic rings. The number of carboxylic acids is 2. The quantitative estimate of drug-likeness (QED) is 0.404. The van der Waals surface area contributed by atoms with Gasteiger partial charge >= 0.3 is 11.9 Å². The van der Waals surface area contributed by atoms with E-state index < -0.39 is 22.8 Å². The molecule has 0 bridgehead atoms. The van der Waals surface area contributed by atoms with Crippen LogP contribution >= 0.6 is 0 Å². The van der Waals surface area contributed by atoms with Gasteiger partial charge in [-0.15, -0.1) is 0 Å². The summed E-state index contributed by atoms with van der Waals surface area (Å²) in [5, 5.41) is 35.6. The Morgan fingerprint density at radius 2 is 1.73 bits per heavy atom. The average molecular weight is 553 g/mol. The van der Waals surface area contributed by atoms with Gasteiger partial charge in [-0.2, -0.15) is 5.10 Å². The van der Waals surface area contributed by atoms with Crippen molar-refractivity contribution in [1.29, 1.82) is 0 Å². The number of hydrogen-bond donors (Lipinski definition) is 3. The van der Waals surface area contributed by atoms with Gasteiger partial charge in [0.25, 0.3) is 0 Å². The fourth-order valence-electron chi connectivity index (χ4n) is 12.2. The molecule has 1 aromatic heterocycles. The van der Waals surface area contributed by atoms with Crippen LogP contribution in [-0.2, 0) is 28.0 Å². The summed E-state index contributed by atoms with van der Waals surface area (Å²) in [5.41, 5.74) is 2.00. The molecule has 3 N–H and O–H groups in total. The Hall–Kier alpha value is -2.15. The Morgan fingerprint density at radius 3 is 2.35 bits per heavy atom. The van der Waals surface area contributed by atoms with Crippen LogP contribution in [0.15, 0.2) is 18.3 Å². The van der Waals surface area contributed by atoms with Crippen molar-refractivity contribution in [2.24, 2.45) is 51.2 Å². The zero-order valence-electron chi connectivity index (χ0n) is 25.0. The molecule has 0 saturated heterocycles. The number of hydrogen-bond acceptors (Lipinski definition) is 4. The molecule has 220 valence electrons. The third-order valence-corrected chi connectivity index (χ3v) is 14.1. The smallest absolute Gasteiger partial charge is 0.325 e. The molecule has 4 fully saturated rings. The Labute approximate surface area is 238 Å². The number of aliphatic carboxylic acids is 2. The van der Waals surface area contributed by atoms with Crippen LogP contribution in [0, 0.1) is 51.2 Å². The maximum absolute atomic E-state index is 12.9. The Kier molecular flexibility index (Phi) is 6.08. The van der Waals surface area contributed by atoms with E-state index in [0.717, 1.165) is 74.6 Å². The van der Waals surface area contributed by atoms with Crippen LogP contribution in [0.4, 0.5) is 0 Å². The minimum absolute atomic E-state index is 0.00281. The zero-order chi connectivity index (χ0) is 29.0. The van der Waals surface area contributed by atoms with Gasteiger partial charge in [-0.3, -0.25) is 14.3 Å². The molecule has 1 heterocycles. The molecule has 0 spiro atoms. The van der Waals surface area contributed by atoms with Crippen LogP contribution in [0.5, 0.6) is 0 Å². The number of carboxylic acid groups (broad SMARTS) is 2. The third kappa shape index (κ3) is 3.30. The zero-order valence-corrected chi connectivity index (χ0v) is 25.0. The van der Waals surface area contributed by atoms with Gasteiger partial charge in [-0.25, -0.2) is 0 Å². The lowest BCUT2D eigenvalue weighted by atomic mass is 9.32. The van der Waals surface area contributed by atoms with E-state index in [1.54, 1.807) is 4.68 Å². The van der Waals surface area contributed by atoms with Crippen LogP contribution in [0.25, 0.3) is 0 Å². The van der Waals surface area contributed by atoms with Crippen LogP contribution in [0.1, 0.15) is 97.2 Å². The van der Waals surface area contributed by atoms with Crippen LogP contribution < -0.4 is 0 Å². The lowest BCUT2D eigenvalue weighted by Crippen LogP contribution is -2.67. The summed E-state index contributed by atoms with van der Waals surface area (Å²) in [6.45, 7) is 15.9.